The Bertz CT molecular complexity index is 445. The molecule has 0 aliphatic heterocycles. The summed E-state index contributed by atoms with van der Waals surface area (Å²) in [7, 11) is 0. The lowest BCUT2D eigenvalue weighted by Crippen LogP contribution is -2.17. The summed E-state index contributed by atoms with van der Waals surface area (Å²) in [4.78, 5) is 11.7. The Morgan fingerprint density at radius 1 is 0.950 bits per heavy atom. The molecule has 1 aromatic carbocycles. The molecule has 2 N–H and O–H groups in total. The van der Waals surface area contributed by atoms with Gasteiger partial charge in [0, 0.05) is 23.8 Å². The van der Waals surface area contributed by atoms with Crippen molar-refractivity contribution in [1.82, 2.24) is 0 Å². The lowest BCUT2D eigenvalue weighted by molar-refractivity contribution is -0.117. The van der Waals surface area contributed by atoms with Gasteiger partial charge in [-0.1, -0.05) is 19.3 Å². The summed E-state index contributed by atoms with van der Waals surface area (Å²) in [6, 6.07) is 8.10. The van der Waals surface area contributed by atoms with Crippen molar-refractivity contribution in [3.8, 4) is 0 Å². The zero-order chi connectivity index (χ0) is 13.8. The van der Waals surface area contributed by atoms with Gasteiger partial charge in [-0.15, -0.1) is 0 Å². The van der Waals surface area contributed by atoms with Crippen molar-refractivity contribution >= 4 is 17.3 Å². The lowest BCUT2D eigenvalue weighted by atomic mass is 9.89. The summed E-state index contributed by atoms with van der Waals surface area (Å²) in [6.07, 6.45) is 9.01. The van der Waals surface area contributed by atoms with Gasteiger partial charge in [0.2, 0.25) is 5.91 Å². The third kappa shape index (κ3) is 3.75. The molecule has 20 heavy (non-hydrogen) atoms. The highest BCUT2D eigenvalue weighted by Crippen LogP contribution is 2.30. The van der Waals surface area contributed by atoms with Crippen molar-refractivity contribution in [2.75, 3.05) is 17.2 Å². The van der Waals surface area contributed by atoms with Crippen LogP contribution in [-0.2, 0) is 4.79 Å². The van der Waals surface area contributed by atoms with Crippen LogP contribution in [0.4, 0.5) is 11.4 Å². The molecule has 0 spiro atoms. The molecule has 0 atom stereocenters. The number of hydrogen-bond donors (Lipinski definition) is 2. The molecule has 2 saturated carbocycles. The van der Waals surface area contributed by atoms with E-state index < -0.39 is 0 Å². The highest BCUT2D eigenvalue weighted by molar-refractivity contribution is 5.94. The average Bonchev–Trinajstić information content (AvgIpc) is 3.32. The zero-order valence-corrected chi connectivity index (χ0v) is 12.0. The predicted molar refractivity (Wildman–Crippen MR) is 82.9 cm³/mol. The first kappa shape index (κ1) is 13.5. The quantitative estimate of drug-likeness (QED) is 0.849. The number of rotatable bonds is 5. The Morgan fingerprint density at radius 3 is 2.25 bits per heavy atom. The molecule has 2 aliphatic carbocycles. The molecular formula is C17H24N2O. The minimum absolute atomic E-state index is 0.174. The second-order valence-electron chi connectivity index (χ2n) is 6.23. The van der Waals surface area contributed by atoms with Crippen molar-refractivity contribution in [3.05, 3.63) is 24.3 Å². The van der Waals surface area contributed by atoms with E-state index in [-0.39, 0.29) is 11.8 Å². The van der Waals surface area contributed by atoms with Crippen molar-refractivity contribution in [2.24, 2.45) is 11.8 Å². The summed E-state index contributed by atoms with van der Waals surface area (Å²) in [6.45, 7) is 1.08. The zero-order valence-electron chi connectivity index (χ0n) is 12.0. The molecule has 2 fully saturated rings. The molecule has 3 nitrogen and oxygen atoms in total. The maximum absolute atomic E-state index is 11.7. The van der Waals surface area contributed by atoms with Gasteiger partial charge in [-0.2, -0.15) is 0 Å². The summed E-state index contributed by atoms with van der Waals surface area (Å²) in [5, 5.41) is 6.49. The van der Waals surface area contributed by atoms with E-state index in [4.69, 9.17) is 0 Å². The Hall–Kier alpha value is -1.51. The van der Waals surface area contributed by atoms with Crippen LogP contribution >= 0.6 is 0 Å². The van der Waals surface area contributed by atoms with Gasteiger partial charge in [-0.3, -0.25) is 4.79 Å². The summed E-state index contributed by atoms with van der Waals surface area (Å²) in [5.41, 5.74) is 2.06. The van der Waals surface area contributed by atoms with Gasteiger partial charge >= 0.3 is 0 Å². The molecule has 0 saturated heterocycles. The van der Waals surface area contributed by atoms with Gasteiger partial charge in [-0.25, -0.2) is 0 Å². The third-order valence-corrected chi connectivity index (χ3v) is 4.42. The number of carbonyl (C=O) groups excluding carboxylic acids is 1. The normalized spacial score (nSPS) is 19.6. The molecule has 0 bridgehead atoms. The summed E-state index contributed by atoms with van der Waals surface area (Å²) >= 11 is 0. The average molecular weight is 272 g/mol. The Balaban J connectivity index is 1.46. The first-order valence-corrected chi connectivity index (χ1v) is 7.96. The minimum Gasteiger partial charge on any atom is -0.385 e. The molecule has 3 rings (SSSR count). The summed E-state index contributed by atoms with van der Waals surface area (Å²) in [5.74, 6) is 1.27. The number of benzene rings is 1. The van der Waals surface area contributed by atoms with E-state index in [2.05, 4.69) is 22.8 Å². The monoisotopic (exact) mass is 272 g/mol. The second kappa shape index (κ2) is 6.29. The van der Waals surface area contributed by atoms with Crippen LogP contribution in [0.5, 0.6) is 0 Å². The van der Waals surface area contributed by atoms with E-state index in [1.54, 1.807) is 0 Å². The van der Waals surface area contributed by atoms with Gasteiger partial charge in [0.05, 0.1) is 0 Å². The molecule has 1 amide bonds. The standard InChI is InChI=1S/C17H24N2O/c20-17(14-6-7-14)19-16-10-8-15(9-11-16)18-12-13-4-2-1-3-5-13/h8-11,13-14,18H,1-7,12H2,(H,19,20). The largest absolute Gasteiger partial charge is 0.385 e. The SMILES string of the molecule is O=C(Nc1ccc(NCC2CCCCC2)cc1)C1CC1. The van der Waals surface area contributed by atoms with Crippen LogP contribution in [0, 0.1) is 11.8 Å². The number of nitrogens with one attached hydrogen (secondary N) is 2. The molecule has 0 heterocycles. The van der Waals surface area contributed by atoms with Crippen molar-refractivity contribution in [1.29, 1.82) is 0 Å². The maximum atomic E-state index is 11.7. The molecular weight excluding hydrogens is 248 g/mol. The minimum atomic E-state index is 0.174. The van der Waals surface area contributed by atoms with Crippen molar-refractivity contribution in [2.45, 2.75) is 44.9 Å². The van der Waals surface area contributed by atoms with Crippen LogP contribution in [0.1, 0.15) is 44.9 Å². The van der Waals surface area contributed by atoms with Gasteiger partial charge in [0.1, 0.15) is 0 Å². The van der Waals surface area contributed by atoms with Gasteiger partial charge in [0.25, 0.3) is 0 Å². The molecule has 2 aliphatic rings. The van der Waals surface area contributed by atoms with Gasteiger partial charge in [-0.05, 0) is 55.9 Å². The van der Waals surface area contributed by atoms with E-state index in [9.17, 15) is 4.79 Å². The first-order valence-electron chi connectivity index (χ1n) is 7.96. The van der Waals surface area contributed by atoms with Gasteiger partial charge in [0.15, 0.2) is 0 Å². The maximum Gasteiger partial charge on any atom is 0.227 e. The van der Waals surface area contributed by atoms with Gasteiger partial charge < -0.3 is 10.6 Å². The molecule has 1 aromatic rings. The van der Waals surface area contributed by atoms with E-state index in [1.165, 1.54) is 32.1 Å². The van der Waals surface area contributed by atoms with E-state index in [1.807, 2.05) is 12.1 Å². The fraction of sp³-hybridized carbons (Fsp3) is 0.588. The molecule has 108 valence electrons. The number of anilines is 2. The molecule has 0 unspecified atom stereocenters. The molecule has 0 radical (unpaired) electrons. The topological polar surface area (TPSA) is 41.1 Å². The fourth-order valence-corrected chi connectivity index (χ4v) is 2.91. The fourth-order valence-electron chi connectivity index (χ4n) is 2.91. The number of hydrogen-bond acceptors (Lipinski definition) is 2. The van der Waals surface area contributed by atoms with Crippen LogP contribution in [0.15, 0.2) is 24.3 Å². The second-order valence-corrected chi connectivity index (χ2v) is 6.23. The first-order chi connectivity index (χ1) is 9.81. The van der Waals surface area contributed by atoms with Crippen LogP contribution in [0.2, 0.25) is 0 Å². The van der Waals surface area contributed by atoms with Crippen molar-refractivity contribution in [3.63, 3.8) is 0 Å². The number of amides is 1. The Labute approximate surface area is 121 Å². The van der Waals surface area contributed by atoms with Crippen LogP contribution in [0.25, 0.3) is 0 Å². The van der Waals surface area contributed by atoms with Crippen LogP contribution < -0.4 is 10.6 Å². The molecule has 3 heteroatoms. The third-order valence-electron chi connectivity index (χ3n) is 4.42. The van der Waals surface area contributed by atoms with E-state index in [0.717, 1.165) is 36.7 Å². The lowest BCUT2D eigenvalue weighted by Gasteiger charge is -2.22. The van der Waals surface area contributed by atoms with Crippen LogP contribution in [0.3, 0.4) is 0 Å². The van der Waals surface area contributed by atoms with Crippen molar-refractivity contribution < 1.29 is 4.79 Å². The van der Waals surface area contributed by atoms with E-state index in [0.29, 0.717) is 0 Å². The molecule has 0 aromatic heterocycles. The highest BCUT2D eigenvalue weighted by atomic mass is 16.2. The predicted octanol–water partition coefficient (Wildman–Crippen LogP) is 4.03. The summed E-state index contributed by atoms with van der Waals surface area (Å²) < 4.78 is 0. The number of carbonyl (C=O) groups is 1. The van der Waals surface area contributed by atoms with E-state index >= 15 is 0 Å². The highest BCUT2D eigenvalue weighted by Gasteiger charge is 2.29. The Morgan fingerprint density at radius 2 is 1.60 bits per heavy atom. The van der Waals surface area contributed by atoms with Crippen LogP contribution in [-0.4, -0.2) is 12.5 Å². The Kier molecular flexibility index (Phi) is 4.24. The smallest absolute Gasteiger partial charge is 0.227 e.